The van der Waals surface area contributed by atoms with Gasteiger partial charge in [-0.05, 0) is 56.0 Å². The van der Waals surface area contributed by atoms with Crippen LogP contribution in [-0.2, 0) is 19.1 Å². The number of benzene rings is 2. The number of methoxy groups -OCH3 is 2. The van der Waals surface area contributed by atoms with E-state index in [1.807, 2.05) is 6.92 Å². The van der Waals surface area contributed by atoms with Crippen LogP contribution in [0.3, 0.4) is 0 Å². The molecule has 2 aromatic carbocycles. The first kappa shape index (κ1) is 25.0. The highest BCUT2D eigenvalue weighted by atomic mass is 79.9. The monoisotopic (exact) mass is 637 g/mol. The Hall–Kier alpha value is -2.61. The van der Waals surface area contributed by atoms with Crippen molar-refractivity contribution in [1.82, 2.24) is 0 Å². The summed E-state index contributed by atoms with van der Waals surface area (Å²) in [7, 11) is 2.41. The van der Waals surface area contributed by atoms with Gasteiger partial charge in [0.25, 0.3) is 0 Å². The van der Waals surface area contributed by atoms with E-state index >= 15 is 0 Å². The van der Waals surface area contributed by atoms with E-state index in [2.05, 4.69) is 53.9 Å². The number of anilines is 1. The molecule has 7 nitrogen and oxygen atoms in total. The third kappa shape index (κ3) is 4.33. The quantitative estimate of drug-likeness (QED) is 0.460. The molecule has 2 aromatic rings. The second kappa shape index (κ2) is 10.1. The minimum Gasteiger partial charge on any atom is -0.466 e. The molecule has 0 bridgehead atoms. The number of nitriles is 1. The Labute approximate surface area is 216 Å². The van der Waals surface area contributed by atoms with Gasteiger partial charge < -0.3 is 15.2 Å². The van der Waals surface area contributed by atoms with Crippen molar-refractivity contribution in [3.63, 3.8) is 0 Å². The van der Waals surface area contributed by atoms with Crippen LogP contribution in [0.15, 0.2) is 72.5 Å². The molecule has 1 atom stereocenters. The van der Waals surface area contributed by atoms with E-state index in [1.54, 1.807) is 36.4 Å². The largest absolute Gasteiger partial charge is 0.466 e. The number of ether oxygens (including phenoxy) is 2. The molecule has 0 saturated carbocycles. The highest BCUT2D eigenvalue weighted by Crippen LogP contribution is 2.48. The van der Waals surface area contributed by atoms with E-state index in [0.29, 0.717) is 20.2 Å². The second-order valence-corrected chi connectivity index (χ2v) is 9.46. The predicted molar refractivity (Wildman–Crippen MR) is 134 cm³/mol. The fourth-order valence-corrected chi connectivity index (χ4v) is 6.10. The number of hydrogen-bond acceptors (Lipinski definition) is 7. The first-order valence-electron chi connectivity index (χ1n) is 9.49. The summed E-state index contributed by atoms with van der Waals surface area (Å²) in [6.07, 6.45) is 0. The van der Waals surface area contributed by atoms with E-state index in [0.717, 1.165) is 10.0 Å². The van der Waals surface area contributed by atoms with Crippen molar-refractivity contribution in [3.05, 3.63) is 83.6 Å². The third-order valence-electron chi connectivity index (χ3n) is 5.21. The average Bonchev–Trinajstić information content (AvgIpc) is 2.82. The third-order valence-corrected chi connectivity index (χ3v) is 7.61. The molecule has 10 heteroatoms. The van der Waals surface area contributed by atoms with Crippen molar-refractivity contribution in [2.75, 3.05) is 19.1 Å². The van der Waals surface area contributed by atoms with Gasteiger partial charge in [0.15, 0.2) is 0 Å². The lowest BCUT2D eigenvalue weighted by Crippen LogP contribution is -2.41. The molecule has 0 aromatic heterocycles. The number of halogens is 3. The number of nitrogens with zero attached hydrogens (tertiary/aromatic N) is 2. The maximum absolute atomic E-state index is 13.1. The smallest absolute Gasteiger partial charge is 0.355 e. The number of nitrogens with two attached hydrogens (primary N) is 1. The molecule has 0 spiro atoms. The summed E-state index contributed by atoms with van der Waals surface area (Å²) in [6, 6.07) is 12.8. The fraction of sp³-hybridized carbons (Fsp3) is 0.174. The molecule has 0 radical (unpaired) electrons. The van der Waals surface area contributed by atoms with E-state index in [9.17, 15) is 14.9 Å². The highest BCUT2D eigenvalue weighted by molar-refractivity contribution is 9.11. The van der Waals surface area contributed by atoms with Gasteiger partial charge in [-0.15, -0.1) is 0 Å². The normalized spacial score (nSPS) is 15.9. The van der Waals surface area contributed by atoms with Gasteiger partial charge in [-0.3, -0.25) is 4.90 Å². The van der Waals surface area contributed by atoms with Crippen molar-refractivity contribution >= 4 is 65.4 Å². The summed E-state index contributed by atoms with van der Waals surface area (Å²) >= 11 is 10.6. The number of hydrogen-bond donors (Lipinski definition) is 1. The lowest BCUT2D eigenvalue weighted by molar-refractivity contribution is -0.139. The first-order chi connectivity index (χ1) is 15.7. The molecule has 0 fully saturated rings. The molecule has 1 aliphatic rings. The highest BCUT2D eigenvalue weighted by Gasteiger charge is 2.44. The predicted octanol–water partition coefficient (Wildman–Crippen LogP) is 5.18. The molecule has 1 heterocycles. The standard InChI is InChI=1S/C23H18Br3N3O4/c1-11-14(24)9-15(25)19(18(11)26)29-20(23(31)33-3)17(22(30)32-2)16(13(10-27)21(29)28)12-7-5-4-6-8-12/h4-9,16H,28H2,1-3H3. The fourth-order valence-electron chi connectivity index (χ4n) is 3.63. The lowest BCUT2D eigenvalue weighted by atomic mass is 9.81. The molecule has 170 valence electrons. The van der Waals surface area contributed by atoms with Gasteiger partial charge in [0, 0.05) is 13.4 Å². The number of carbonyl (C=O) groups excluding carboxylic acids is 2. The topological polar surface area (TPSA) is 106 Å². The van der Waals surface area contributed by atoms with Crippen LogP contribution in [0, 0.1) is 18.3 Å². The molecular weight excluding hydrogens is 622 g/mol. The molecule has 2 N–H and O–H groups in total. The van der Waals surface area contributed by atoms with E-state index in [1.165, 1.54) is 19.1 Å². The van der Waals surface area contributed by atoms with Gasteiger partial charge in [0.2, 0.25) is 0 Å². The van der Waals surface area contributed by atoms with Crippen LogP contribution in [0.5, 0.6) is 0 Å². The van der Waals surface area contributed by atoms with E-state index in [4.69, 9.17) is 15.2 Å². The minimum absolute atomic E-state index is 0.0115. The first-order valence-corrected chi connectivity index (χ1v) is 11.9. The summed E-state index contributed by atoms with van der Waals surface area (Å²) in [5.74, 6) is -2.53. The van der Waals surface area contributed by atoms with Crippen molar-refractivity contribution in [3.8, 4) is 6.07 Å². The van der Waals surface area contributed by atoms with Crippen LogP contribution >= 0.6 is 47.8 Å². The van der Waals surface area contributed by atoms with Gasteiger partial charge in [-0.1, -0.05) is 46.3 Å². The Morgan fingerprint density at radius 3 is 2.21 bits per heavy atom. The minimum atomic E-state index is -0.928. The molecule has 0 amide bonds. The Balaban J connectivity index is 2.50. The number of allylic oxidation sites excluding steroid dienone is 1. The molecule has 0 saturated heterocycles. The Morgan fingerprint density at radius 2 is 1.67 bits per heavy atom. The van der Waals surface area contributed by atoms with Crippen LogP contribution in [0.1, 0.15) is 17.0 Å². The molecule has 0 aliphatic carbocycles. The number of esters is 2. The van der Waals surface area contributed by atoms with Crippen LogP contribution in [0.25, 0.3) is 0 Å². The van der Waals surface area contributed by atoms with Gasteiger partial charge in [-0.25, -0.2) is 9.59 Å². The van der Waals surface area contributed by atoms with E-state index < -0.39 is 17.9 Å². The van der Waals surface area contributed by atoms with Crippen molar-refractivity contribution in [2.45, 2.75) is 12.8 Å². The average molecular weight is 640 g/mol. The van der Waals surface area contributed by atoms with Gasteiger partial charge in [0.1, 0.15) is 11.5 Å². The molecule has 1 unspecified atom stereocenters. The molecule has 1 aliphatic heterocycles. The molecular formula is C23H18Br3N3O4. The van der Waals surface area contributed by atoms with E-state index in [-0.39, 0.29) is 22.7 Å². The summed E-state index contributed by atoms with van der Waals surface area (Å²) in [5, 5.41) is 10.1. The van der Waals surface area contributed by atoms with Gasteiger partial charge in [0.05, 0.1) is 43.0 Å². The van der Waals surface area contributed by atoms with Gasteiger partial charge >= 0.3 is 11.9 Å². The Kier molecular flexibility index (Phi) is 7.67. The summed E-state index contributed by atoms with van der Waals surface area (Å²) in [5.41, 5.74) is 8.28. The zero-order valence-electron chi connectivity index (χ0n) is 17.8. The summed E-state index contributed by atoms with van der Waals surface area (Å²) in [6.45, 7) is 1.86. The van der Waals surface area contributed by atoms with Crippen molar-refractivity contribution < 1.29 is 19.1 Å². The zero-order chi connectivity index (χ0) is 24.4. The van der Waals surface area contributed by atoms with Gasteiger partial charge in [-0.2, -0.15) is 5.26 Å². The lowest BCUT2D eigenvalue weighted by Gasteiger charge is -2.37. The van der Waals surface area contributed by atoms with Crippen LogP contribution in [0.4, 0.5) is 5.69 Å². The number of rotatable bonds is 4. The SMILES string of the molecule is COC(=O)C1=C(C(=O)OC)N(c2c(Br)cc(Br)c(C)c2Br)C(N)=C(C#N)C1c1ccccc1. The maximum atomic E-state index is 13.1. The summed E-state index contributed by atoms with van der Waals surface area (Å²) < 4.78 is 12.0. The van der Waals surface area contributed by atoms with Crippen molar-refractivity contribution in [2.24, 2.45) is 5.73 Å². The molecule has 3 rings (SSSR count). The Morgan fingerprint density at radius 1 is 1.06 bits per heavy atom. The Bertz CT molecular complexity index is 1250. The van der Waals surface area contributed by atoms with Crippen LogP contribution in [-0.4, -0.2) is 26.2 Å². The number of carbonyl (C=O) groups is 2. The second-order valence-electron chi connectivity index (χ2n) is 6.96. The maximum Gasteiger partial charge on any atom is 0.355 e. The summed E-state index contributed by atoms with van der Waals surface area (Å²) in [4.78, 5) is 27.6. The molecule has 33 heavy (non-hydrogen) atoms. The zero-order valence-corrected chi connectivity index (χ0v) is 22.5. The van der Waals surface area contributed by atoms with Crippen LogP contribution in [0.2, 0.25) is 0 Å². The van der Waals surface area contributed by atoms with Crippen LogP contribution < -0.4 is 10.6 Å². The van der Waals surface area contributed by atoms with Crippen molar-refractivity contribution in [1.29, 1.82) is 5.26 Å².